The molecule has 4 rings (SSSR count). The van der Waals surface area contributed by atoms with Gasteiger partial charge in [0.05, 0.1) is 36.5 Å². The third-order valence-corrected chi connectivity index (χ3v) is 6.87. The van der Waals surface area contributed by atoms with E-state index in [1.165, 1.54) is 4.31 Å². The Kier molecular flexibility index (Phi) is 8.22. The van der Waals surface area contributed by atoms with Crippen molar-refractivity contribution >= 4 is 28.0 Å². The molecular weight excluding hydrogens is 470 g/mol. The zero-order valence-corrected chi connectivity index (χ0v) is 21.3. The molecule has 1 saturated heterocycles. The van der Waals surface area contributed by atoms with Crippen molar-refractivity contribution in [3.63, 3.8) is 0 Å². The van der Waals surface area contributed by atoms with E-state index in [1.54, 1.807) is 18.2 Å². The molecule has 1 fully saturated rings. The quantitative estimate of drug-likeness (QED) is 0.409. The first kappa shape index (κ1) is 25.4. The highest BCUT2D eigenvalue weighted by molar-refractivity contribution is 7.80. The van der Waals surface area contributed by atoms with Crippen LogP contribution in [0.25, 0.3) is 22.4 Å². The van der Waals surface area contributed by atoms with E-state index < -0.39 is 11.3 Å². The number of aryl methyl sites for hydroxylation is 2. The topological polar surface area (TPSA) is 113 Å². The van der Waals surface area contributed by atoms with Gasteiger partial charge in [-0.25, -0.2) is 9.19 Å². The van der Waals surface area contributed by atoms with Crippen LogP contribution in [0.1, 0.15) is 25.8 Å². The van der Waals surface area contributed by atoms with Crippen molar-refractivity contribution in [2.75, 3.05) is 50.3 Å². The third-order valence-electron chi connectivity index (χ3n) is 6.10. The second-order valence-corrected chi connectivity index (χ2v) is 9.42. The molecule has 0 bridgehead atoms. The van der Waals surface area contributed by atoms with Crippen molar-refractivity contribution in [3.05, 3.63) is 40.3 Å². The van der Waals surface area contributed by atoms with Crippen molar-refractivity contribution in [1.82, 2.24) is 19.4 Å². The number of nitrogens with zero attached hydrogens (tertiary/aromatic N) is 4. The molecule has 1 aliphatic heterocycles. The van der Waals surface area contributed by atoms with E-state index in [0.717, 1.165) is 31.6 Å². The molecule has 1 aromatic carbocycles. The number of aromatic amines is 1. The molecule has 0 radical (unpaired) electrons. The molecule has 1 aliphatic rings. The van der Waals surface area contributed by atoms with Crippen LogP contribution in [-0.4, -0.2) is 74.2 Å². The first-order chi connectivity index (χ1) is 16.9. The lowest BCUT2D eigenvalue weighted by molar-refractivity contribution is 0.0395. The van der Waals surface area contributed by atoms with E-state index in [0.29, 0.717) is 66.8 Å². The van der Waals surface area contributed by atoms with Gasteiger partial charge in [0.2, 0.25) is 0 Å². The highest BCUT2D eigenvalue weighted by atomic mass is 32.2. The number of hydrogen-bond donors (Lipinski definition) is 2. The van der Waals surface area contributed by atoms with Gasteiger partial charge in [0, 0.05) is 38.9 Å². The minimum Gasteiger partial charge on any atom is -0.493 e. The lowest BCUT2D eigenvalue weighted by atomic mass is 10.1. The first-order valence-corrected chi connectivity index (χ1v) is 13.0. The number of anilines is 1. The number of nitrogens with one attached hydrogen (secondary N) is 1. The predicted octanol–water partition coefficient (Wildman–Crippen LogP) is 2.78. The van der Waals surface area contributed by atoms with Gasteiger partial charge in [-0.1, -0.05) is 6.92 Å². The largest absolute Gasteiger partial charge is 0.493 e. The fraction of sp³-hybridized carbons (Fsp3) is 0.500. The summed E-state index contributed by atoms with van der Waals surface area (Å²) in [5, 5.41) is 0.569. The Hall–Kier alpha value is -2.73. The number of ether oxygens (including phenoxy) is 2. The molecule has 11 heteroatoms. The molecule has 2 N–H and O–H groups in total. The van der Waals surface area contributed by atoms with Crippen molar-refractivity contribution in [2.24, 2.45) is 0 Å². The number of benzene rings is 1. The molecular formula is C24H33N5O5S. The predicted molar refractivity (Wildman–Crippen MR) is 137 cm³/mol. The molecule has 0 aliphatic carbocycles. The molecule has 3 aromatic rings. The summed E-state index contributed by atoms with van der Waals surface area (Å²) in [5.41, 5.74) is 2.37. The maximum absolute atomic E-state index is 13.0. The Morgan fingerprint density at radius 1 is 1.26 bits per heavy atom. The summed E-state index contributed by atoms with van der Waals surface area (Å²) < 4.78 is 37.0. The van der Waals surface area contributed by atoms with Crippen molar-refractivity contribution in [2.45, 2.75) is 33.7 Å². The fourth-order valence-corrected chi connectivity index (χ4v) is 4.95. The van der Waals surface area contributed by atoms with Crippen LogP contribution < -0.4 is 14.6 Å². The van der Waals surface area contributed by atoms with Crippen LogP contribution in [-0.2, 0) is 22.5 Å². The standard InChI is InChI=1S/C24H33N5O5S/c1-4-8-28-16-17(3)21-23(28)25-22(26-24(21)30)19-15-18(6-7-20(19)34-5-2)29(35(31)32)10-9-27-11-13-33-14-12-27/h6-7,15-16H,4-5,8-14H2,1-3H3,(H,31,32)(H,25,26,30). The van der Waals surface area contributed by atoms with E-state index in [-0.39, 0.29) is 5.56 Å². The second kappa shape index (κ2) is 11.3. The number of rotatable bonds is 10. The van der Waals surface area contributed by atoms with E-state index in [1.807, 2.05) is 24.6 Å². The van der Waals surface area contributed by atoms with Gasteiger partial charge in [0.25, 0.3) is 16.8 Å². The molecule has 2 aromatic heterocycles. The summed E-state index contributed by atoms with van der Waals surface area (Å²) in [6.07, 6.45) is 2.86. The minimum absolute atomic E-state index is 0.222. The van der Waals surface area contributed by atoms with Gasteiger partial charge in [0.15, 0.2) is 0 Å². The summed E-state index contributed by atoms with van der Waals surface area (Å²) in [6, 6.07) is 5.26. The molecule has 190 valence electrons. The van der Waals surface area contributed by atoms with Crippen LogP contribution in [0.5, 0.6) is 5.75 Å². The van der Waals surface area contributed by atoms with Crippen LogP contribution in [0.4, 0.5) is 5.69 Å². The minimum atomic E-state index is -2.23. The zero-order valence-electron chi connectivity index (χ0n) is 20.5. The Balaban J connectivity index is 1.75. The number of H-pyrrole nitrogens is 1. The zero-order chi connectivity index (χ0) is 24.9. The molecule has 3 heterocycles. The van der Waals surface area contributed by atoms with Gasteiger partial charge >= 0.3 is 0 Å². The van der Waals surface area contributed by atoms with Crippen LogP contribution >= 0.6 is 0 Å². The van der Waals surface area contributed by atoms with Gasteiger partial charge < -0.3 is 19.0 Å². The smallest absolute Gasteiger partial charge is 0.261 e. The average Bonchev–Trinajstić information content (AvgIpc) is 3.16. The molecule has 1 atom stereocenters. The number of hydrogen-bond acceptors (Lipinski definition) is 6. The van der Waals surface area contributed by atoms with Gasteiger partial charge in [-0.3, -0.25) is 18.6 Å². The Morgan fingerprint density at radius 2 is 2.03 bits per heavy atom. The van der Waals surface area contributed by atoms with E-state index in [4.69, 9.17) is 14.5 Å². The summed E-state index contributed by atoms with van der Waals surface area (Å²) in [7, 11) is 0. The first-order valence-electron chi connectivity index (χ1n) is 12.0. The number of aromatic nitrogens is 3. The normalized spacial score (nSPS) is 15.4. The van der Waals surface area contributed by atoms with Gasteiger partial charge in [-0.2, -0.15) is 0 Å². The maximum atomic E-state index is 13.0. The lowest BCUT2D eigenvalue weighted by Crippen LogP contribution is -2.41. The van der Waals surface area contributed by atoms with Crippen LogP contribution in [0, 0.1) is 6.92 Å². The van der Waals surface area contributed by atoms with Crippen LogP contribution in [0.2, 0.25) is 0 Å². The summed E-state index contributed by atoms with van der Waals surface area (Å²) in [4.78, 5) is 22.9. The molecule has 35 heavy (non-hydrogen) atoms. The summed E-state index contributed by atoms with van der Waals surface area (Å²) in [6.45, 7) is 10.9. The SMILES string of the molecule is CCCn1cc(C)c2c(=O)[nH]c(-c3cc(N(CCN4CCOCC4)S(=O)O)ccc3OCC)nc21. The second-order valence-electron chi connectivity index (χ2n) is 8.52. The number of morpholine rings is 1. The summed E-state index contributed by atoms with van der Waals surface area (Å²) >= 11 is -2.23. The average molecular weight is 504 g/mol. The Morgan fingerprint density at radius 3 is 2.71 bits per heavy atom. The van der Waals surface area contributed by atoms with Gasteiger partial charge in [-0.05, 0) is 44.0 Å². The Labute approximate surface area is 207 Å². The van der Waals surface area contributed by atoms with Gasteiger partial charge in [0.1, 0.15) is 17.2 Å². The van der Waals surface area contributed by atoms with Crippen LogP contribution in [0.15, 0.2) is 29.2 Å². The van der Waals surface area contributed by atoms with Gasteiger partial charge in [-0.15, -0.1) is 0 Å². The molecule has 1 unspecified atom stereocenters. The fourth-order valence-electron chi connectivity index (χ4n) is 4.42. The van der Waals surface area contributed by atoms with E-state index in [9.17, 15) is 13.6 Å². The van der Waals surface area contributed by atoms with E-state index >= 15 is 0 Å². The maximum Gasteiger partial charge on any atom is 0.261 e. The molecule has 10 nitrogen and oxygen atoms in total. The summed E-state index contributed by atoms with van der Waals surface area (Å²) in [5.74, 6) is 0.904. The molecule has 0 amide bonds. The highest BCUT2D eigenvalue weighted by Gasteiger charge is 2.20. The van der Waals surface area contributed by atoms with E-state index in [2.05, 4.69) is 16.8 Å². The van der Waals surface area contributed by atoms with Crippen molar-refractivity contribution in [1.29, 1.82) is 0 Å². The lowest BCUT2D eigenvalue weighted by Gasteiger charge is -2.29. The Bertz CT molecular complexity index is 1250. The highest BCUT2D eigenvalue weighted by Crippen LogP contribution is 2.33. The van der Waals surface area contributed by atoms with Crippen molar-refractivity contribution < 1.29 is 18.2 Å². The monoisotopic (exact) mass is 503 g/mol. The molecule has 0 saturated carbocycles. The van der Waals surface area contributed by atoms with Crippen molar-refractivity contribution in [3.8, 4) is 17.1 Å². The number of fused-ring (bicyclic) bond motifs is 1. The third kappa shape index (κ3) is 5.58. The van der Waals surface area contributed by atoms with Crippen LogP contribution in [0.3, 0.4) is 0 Å². The molecule has 0 spiro atoms.